The molecular formula is C26H37N5O. The van der Waals surface area contributed by atoms with Crippen LogP contribution in [0.1, 0.15) is 30.9 Å². The van der Waals surface area contributed by atoms with E-state index in [1.54, 1.807) is 7.11 Å². The lowest BCUT2D eigenvalue weighted by molar-refractivity contribution is 0.245. The highest BCUT2D eigenvalue weighted by Gasteiger charge is 2.25. The van der Waals surface area contributed by atoms with Gasteiger partial charge in [-0.25, -0.2) is 0 Å². The average molecular weight is 436 g/mol. The second-order valence-electron chi connectivity index (χ2n) is 8.81. The Balaban J connectivity index is 1.31. The number of ether oxygens (including phenoxy) is 1. The molecule has 32 heavy (non-hydrogen) atoms. The van der Waals surface area contributed by atoms with Gasteiger partial charge >= 0.3 is 0 Å². The molecule has 0 saturated carbocycles. The predicted molar refractivity (Wildman–Crippen MR) is 133 cm³/mol. The maximum absolute atomic E-state index is 5.47. The Labute approximate surface area is 192 Å². The summed E-state index contributed by atoms with van der Waals surface area (Å²) in [5.41, 5.74) is 2.62. The molecule has 0 aromatic heterocycles. The van der Waals surface area contributed by atoms with Gasteiger partial charge in [0.05, 0.1) is 13.2 Å². The van der Waals surface area contributed by atoms with E-state index in [0.29, 0.717) is 12.0 Å². The third kappa shape index (κ3) is 5.74. The van der Waals surface area contributed by atoms with Gasteiger partial charge < -0.3 is 20.3 Å². The molecule has 2 aromatic carbocycles. The Bertz CT molecular complexity index is 866. The number of anilines is 1. The minimum absolute atomic E-state index is 0.311. The van der Waals surface area contributed by atoms with Gasteiger partial charge in [-0.1, -0.05) is 30.3 Å². The lowest BCUT2D eigenvalue weighted by atomic mass is 10.1. The summed E-state index contributed by atoms with van der Waals surface area (Å²) in [6, 6.07) is 19.5. The first-order valence-electron chi connectivity index (χ1n) is 11.9. The highest BCUT2D eigenvalue weighted by Crippen LogP contribution is 2.27. The molecule has 2 saturated heterocycles. The van der Waals surface area contributed by atoms with Crippen LogP contribution in [0, 0.1) is 5.92 Å². The molecule has 0 spiro atoms. The van der Waals surface area contributed by atoms with Gasteiger partial charge in [-0.05, 0) is 68.1 Å². The number of rotatable bonds is 8. The summed E-state index contributed by atoms with van der Waals surface area (Å²) < 4.78 is 5.47. The van der Waals surface area contributed by atoms with E-state index in [0.717, 1.165) is 51.0 Å². The Hall–Kier alpha value is -2.73. The molecule has 0 radical (unpaired) electrons. The maximum atomic E-state index is 5.47. The molecule has 0 aliphatic carbocycles. The Morgan fingerprint density at radius 3 is 2.62 bits per heavy atom. The molecule has 6 nitrogen and oxygen atoms in total. The molecule has 2 atom stereocenters. The molecule has 2 unspecified atom stereocenters. The second-order valence-corrected chi connectivity index (χ2v) is 8.81. The van der Waals surface area contributed by atoms with E-state index in [1.807, 2.05) is 13.1 Å². The zero-order valence-corrected chi connectivity index (χ0v) is 19.5. The first kappa shape index (κ1) is 22.5. The van der Waals surface area contributed by atoms with Crippen molar-refractivity contribution in [3.63, 3.8) is 0 Å². The van der Waals surface area contributed by atoms with Crippen LogP contribution in [0.25, 0.3) is 0 Å². The van der Waals surface area contributed by atoms with Crippen molar-refractivity contribution in [1.82, 2.24) is 15.5 Å². The van der Waals surface area contributed by atoms with Crippen molar-refractivity contribution in [2.45, 2.75) is 25.3 Å². The predicted octanol–water partition coefficient (Wildman–Crippen LogP) is 3.52. The molecule has 172 valence electrons. The summed E-state index contributed by atoms with van der Waals surface area (Å²) in [7, 11) is 3.59. The molecule has 2 N–H and O–H groups in total. The molecule has 2 aromatic rings. The van der Waals surface area contributed by atoms with Crippen molar-refractivity contribution in [2.24, 2.45) is 10.9 Å². The molecule has 4 rings (SSSR count). The molecule has 0 bridgehead atoms. The van der Waals surface area contributed by atoms with Crippen LogP contribution in [-0.2, 0) is 0 Å². The zero-order valence-electron chi connectivity index (χ0n) is 19.5. The van der Waals surface area contributed by atoms with E-state index >= 15 is 0 Å². The summed E-state index contributed by atoms with van der Waals surface area (Å²) in [5, 5.41) is 7.16. The number of guanidine groups is 1. The Kier molecular flexibility index (Phi) is 7.88. The van der Waals surface area contributed by atoms with Crippen LogP contribution in [0.4, 0.5) is 5.69 Å². The van der Waals surface area contributed by atoms with Crippen molar-refractivity contribution >= 4 is 11.6 Å². The maximum Gasteiger partial charge on any atom is 0.191 e. The lowest BCUT2D eigenvalue weighted by Gasteiger charge is -2.29. The summed E-state index contributed by atoms with van der Waals surface area (Å²) in [6.07, 6.45) is 3.75. The number of hydrogen-bond acceptors (Lipinski definition) is 4. The summed E-state index contributed by atoms with van der Waals surface area (Å²) in [6.45, 7) is 6.27. The summed E-state index contributed by atoms with van der Waals surface area (Å²) in [5.74, 6) is 2.43. The fraction of sp³-hybridized carbons (Fsp3) is 0.500. The topological polar surface area (TPSA) is 52.1 Å². The van der Waals surface area contributed by atoms with Gasteiger partial charge in [0.2, 0.25) is 0 Å². The highest BCUT2D eigenvalue weighted by atomic mass is 16.5. The lowest BCUT2D eigenvalue weighted by Crippen LogP contribution is -2.44. The van der Waals surface area contributed by atoms with Crippen LogP contribution in [0.2, 0.25) is 0 Å². The minimum atomic E-state index is 0.311. The number of aliphatic imine (C=N–C) groups is 1. The van der Waals surface area contributed by atoms with Crippen LogP contribution in [-0.4, -0.2) is 64.3 Å². The highest BCUT2D eigenvalue weighted by molar-refractivity contribution is 5.79. The van der Waals surface area contributed by atoms with Crippen molar-refractivity contribution in [2.75, 3.05) is 58.3 Å². The van der Waals surface area contributed by atoms with E-state index in [2.05, 4.69) is 74.0 Å². The van der Waals surface area contributed by atoms with Gasteiger partial charge in [-0.15, -0.1) is 0 Å². The second kappa shape index (κ2) is 11.2. The monoisotopic (exact) mass is 435 g/mol. The third-order valence-electron chi connectivity index (χ3n) is 6.71. The fourth-order valence-electron chi connectivity index (χ4n) is 4.89. The van der Waals surface area contributed by atoms with Crippen molar-refractivity contribution < 1.29 is 4.74 Å². The standard InChI is InChI=1S/C26H37N5O/c1-27-26(28-18-21-13-16-31(20-21)23-10-4-3-5-11-23)29-19-25(30-14-6-7-15-30)22-9-8-12-24(17-22)32-2/h3-5,8-12,17,21,25H,6-7,13-16,18-20H2,1-2H3,(H2,27,28,29). The van der Waals surface area contributed by atoms with E-state index < -0.39 is 0 Å². The average Bonchev–Trinajstić information content (AvgIpc) is 3.55. The first-order chi connectivity index (χ1) is 15.8. The van der Waals surface area contributed by atoms with Crippen LogP contribution in [0.5, 0.6) is 5.75 Å². The van der Waals surface area contributed by atoms with Crippen LogP contribution < -0.4 is 20.3 Å². The van der Waals surface area contributed by atoms with E-state index in [1.165, 1.54) is 30.5 Å². The number of benzene rings is 2. The molecule has 6 heteroatoms. The SMILES string of the molecule is CN=C(NCC1CCN(c2ccccc2)C1)NCC(c1cccc(OC)c1)N1CCCC1. The quantitative estimate of drug-likeness (QED) is 0.491. The van der Waals surface area contributed by atoms with Gasteiger partial charge in [0.1, 0.15) is 5.75 Å². The number of para-hydroxylation sites is 1. The van der Waals surface area contributed by atoms with Gasteiger partial charge in [0, 0.05) is 38.9 Å². The number of nitrogens with zero attached hydrogens (tertiary/aromatic N) is 3. The summed E-state index contributed by atoms with van der Waals surface area (Å²) in [4.78, 5) is 9.54. The molecular weight excluding hydrogens is 398 g/mol. The van der Waals surface area contributed by atoms with E-state index in [9.17, 15) is 0 Å². The molecule has 2 aliphatic rings. The largest absolute Gasteiger partial charge is 0.497 e. The number of likely N-dealkylation sites (tertiary alicyclic amines) is 1. The van der Waals surface area contributed by atoms with Crippen molar-refractivity contribution in [1.29, 1.82) is 0 Å². The third-order valence-corrected chi connectivity index (χ3v) is 6.71. The van der Waals surface area contributed by atoms with Gasteiger partial charge in [-0.2, -0.15) is 0 Å². The van der Waals surface area contributed by atoms with Crippen molar-refractivity contribution in [3.8, 4) is 5.75 Å². The Morgan fingerprint density at radius 1 is 1.06 bits per heavy atom. The van der Waals surface area contributed by atoms with Crippen molar-refractivity contribution in [3.05, 3.63) is 60.2 Å². The fourth-order valence-corrected chi connectivity index (χ4v) is 4.89. The van der Waals surface area contributed by atoms with Crippen LogP contribution in [0.3, 0.4) is 0 Å². The normalized spacial score (nSPS) is 20.4. The first-order valence-corrected chi connectivity index (χ1v) is 11.9. The molecule has 0 amide bonds. The van der Waals surface area contributed by atoms with Gasteiger partial charge in [-0.3, -0.25) is 9.89 Å². The molecule has 2 fully saturated rings. The smallest absolute Gasteiger partial charge is 0.191 e. The zero-order chi connectivity index (χ0) is 22.2. The number of nitrogens with one attached hydrogen (secondary N) is 2. The number of hydrogen-bond donors (Lipinski definition) is 2. The molecule has 2 heterocycles. The Morgan fingerprint density at radius 2 is 1.88 bits per heavy atom. The minimum Gasteiger partial charge on any atom is -0.497 e. The number of methoxy groups -OCH3 is 1. The molecule has 2 aliphatic heterocycles. The van der Waals surface area contributed by atoms with Crippen LogP contribution in [0.15, 0.2) is 59.6 Å². The van der Waals surface area contributed by atoms with Crippen LogP contribution >= 0.6 is 0 Å². The summed E-state index contributed by atoms with van der Waals surface area (Å²) >= 11 is 0. The van der Waals surface area contributed by atoms with Gasteiger partial charge in [0.25, 0.3) is 0 Å². The van der Waals surface area contributed by atoms with Gasteiger partial charge in [0.15, 0.2) is 5.96 Å². The van der Waals surface area contributed by atoms with E-state index in [-0.39, 0.29) is 0 Å². The van der Waals surface area contributed by atoms with E-state index in [4.69, 9.17) is 4.74 Å².